The fraction of sp³-hybridized carbons (Fsp3) is 0.389. The van der Waals surface area contributed by atoms with E-state index in [2.05, 4.69) is 57.0 Å². The van der Waals surface area contributed by atoms with Gasteiger partial charge in [0.1, 0.15) is 12.1 Å². The Labute approximate surface area is 141 Å². The predicted octanol–water partition coefficient (Wildman–Crippen LogP) is 2.32. The standard InChI is InChI=1S/C18H22N6/c1-3-15-12-22(2)9-10-23(15)17-11-16(14-7-5-4-6-8-14)21-18-19-13-20-24(17)18/h4-8,11,13,15H,3,9-10,12H2,1-2H3/t15-/m0/s1. The second-order valence-electron chi connectivity index (χ2n) is 6.36. The van der Waals surface area contributed by atoms with Crippen molar-refractivity contribution >= 4 is 11.6 Å². The van der Waals surface area contributed by atoms with Crippen molar-refractivity contribution in [2.75, 3.05) is 31.6 Å². The van der Waals surface area contributed by atoms with Gasteiger partial charge in [0.2, 0.25) is 0 Å². The van der Waals surface area contributed by atoms with Crippen LogP contribution in [0.2, 0.25) is 0 Å². The summed E-state index contributed by atoms with van der Waals surface area (Å²) < 4.78 is 1.86. The Balaban J connectivity index is 1.83. The lowest BCUT2D eigenvalue weighted by Gasteiger charge is -2.41. The van der Waals surface area contributed by atoms with Gasteiger partial charge in [-0.2, -0.15) is 14.6 Å². The molecule has 1 aliphatic rings. The van der Waals surface area contributed by atoms with Crippen LogP contribution >= 0.6 is 0 Å². The molecule has 0 aliphatic carbocycles. The van der Waals surface area contributed by atoms with Gasteiger partial charge >= 0.3 is 0 Å². The summed E-state index contributed by atoms with van der Waals surface area (Å²) in [6.07, 6.45) is 2.68. The van der Waals surface area contributed by atoms with Gasteiger partial charge in [-0.05, 0) is 13.5 Å². The monoisotopic (exact) mass is 322 g/mol. The van der Waals surface area contributed by atoms with Gasteiger partial charge in [-0.1, -0.05) is 37.3 Å². The number of hydrogen-bond donors (Lipinski definition) is 0. The first-order valence-electron chi connectivity index (χ1n) is 8.47. The highest BCUT2D eigenvalue weighted by Gasteiger charge is 2.26. The molecule has 0 N–H and O–H groups in total. The number of likely N-dealkylation sites (N-methyl/N-ethyl adjacent to an activating group) is 1. The molecule has 6 nitrogen and oxygen atoms in total. The molecule has 1 aliphatic heterocycles. The zero-order valence-corrected chi connectivity index (χ0v) is 14.1. The third kappa shape index (κ3) is 2.63. The Hall–Kier alpha value is -2.47. The maximum absolute atomic E-state index is 4.68. The van der Waals surface area contributed by atoms with Crippen LogP contribution in [0.4, 0.5) is 5.82 Å². The number of aromatic nitrogens is 4. The summed E-state index contributed by atoms with van der Waals surface area (Å²) in [4.78, 5) is 13.9. The fourth-order valence-electron chi connectivity index (χ4n) is 3.42. The lowest BCUT2D eigenvalue weighted by Crippen LogP contribution is -2.52. The molecule has 24 heavy (non-hydrogen) atoms. The van der Waals surface area contributed by atoms with Crippen LogP contribution in [0.3, 0.4) is 0 Å². The second kappa shape index (κ2) is 6.20. The van der Waals surface area contributed by atoms with Crippen molar-refractivity contribution in [3.63, 3.8) is 0 Å². The smallest absolute Gasteiger partial charge is 0.254 e. The molecule has 3 aromatic rings. The predicted molar refractivity (Wildman–Crippen MR) is 95.1 cm³/mol. The van der Waals surface area contributed by atoms with Crippen molar-refractivity contribution in [2.45, 2.75) is 19.4 Å². The number of nitrogens with zero attached hydrogens (tertiary/aromatic N) is 6. The van der Waals surface area contributed by atoms with E-state index in [1.54, 1.807) is 6.33 Å². The first kappa shape index (κ1) is 15.1. The lowest BCUT2D eigenvalue weighted by molar-refractivity contribution is 0.262. The number of benzene rings is 1. The molecule has 1 saturated heterocycles. The zero-order valence-electron chi connectivity index (χ0n) is 14.1. The SMILES string of the molecule is CC[C@H]1CN(C)CCN1c1cc(-c2ccccc2)nc2ncnn12. The van der Waals surface area contributed by atoms with Crippen LogP contribution < -0.4 is 4.90 Å². The summed E-state index contributed by atoms with van der Waals surface area (Å²) in [6.45, 7) is 5.35. The van der Waals surface area contributed by atoms with Crippen molar-refractivity contribution in [3.8, 4) is 11.3 Å². The minimum absolute atomic E-state index is 0.474. The van der Waals surface area contributed by atoms with E-state index >= 15 is 0 Å². The first-order chi connectivity index (χ1) is 11.8. The molecule has 1 aromatic carbocycles. The number of rotatable bonds is 3. The van der Waals surface area contributed by atoms with E-state index in [0.717, 1.165) is 43.1 Å². The second-order valence-corrected chi connectivity index (χ2v) is 6.36. The minimum atomic E-state index is 0.474. The Kier molecular flexibility index (Phi) is 3.90. The van der Waals surface area contributed by atoms with E-state index in [9.17, 15) is 0 Å². The summed E-state index contributed by atoms with van der Waals surface area (Å²) in [5.41, 5.74) is 2.05. The van der Waals surface area contributed by atoms with E-state index in [4.69, 9.17) is 0 Å². The Morgan fingerprint density at radius 3 is 2.79 bits per heavy atom. The van der Waals surface area contributed by atoms with E-state index in [1.807, 2.05) is 22.7 Å². The van der Waals surface area contributed by atoms with E-state index in [0.29, 0.717) is 11.8 Å². The molecule has 4 rings (SSSR count). The molecule has 0 unspecified atom stereocenters. The Morgan fingerprint density at radius 1 is 1.17 bits per heavy atom. The van der Waals surface area contributed by atoms with Gasteiger partial charge in [0.25, 0.3) is 5.78 Å². The summed E-state index contributed by atoms with van der Waals surface area (Å²) in [5.74, 6) is 1.73. The van der Waals surface area contributed by atoms with Gasteiger partial charge in [0.05, 0.1) is 5.69 Å². The minimum Gasteiger partial charge on any atom is -0.351 e. The highest BCUT2D eigenvalue weighted by Crippen LogP contribution is 2.27. The van der Waals surface area contributed by atoms with Crippen molar-refractivity contribution in [3.05, 3.63) is 42.7 Å². The zero-order chi connectivity index (χ0) is 16.5. The van der Waals surface area contributed by atoms with Gasteiger partial charge in [-0.15, -0.1) is 0 Å². The van der Waals surface area contributed by atoms with E-state index < -0.39 is 0 Å². The van der Waals surface area contributed by atoms with Crippen LogP contribution in [0.5, 0.6) is 0 Å². The number of piperazine rings is 1. The molecule has 0 saturated carbocycles. The van der Waals surface area contributed by atoms with Gasteiger partial charge in [-0.3, -0.25) is 0 Å². The molecule has 0 bridgehead atoms. The molecule has 3 heterocycles. The van der Waals surface area contributed by atoms with Crippen LogP contribution in [-0.2, 0) is 0 Å². The Bertz CT molecular complexity index is 828. The molecular formula is C18H22N6. The number of anilines is 1. The van der Waals surface area contributed by atoms with Gasteiger partial charge in [-0.25, -0.2) is 4.98 Å². The maximum Gasteiger partial charge on any atom is 0.254 e. The first-order valence-corrected chi connectivity index (χ1v) is 8.47. The lowest BCUT2D eigenvalue weighted by atomic mass is 10.1. The molecule has 0 amide bonds. The molecule has 1 fully saturated rings. The molecule has 2 aromatic heterocycles. The molecule has 0 radical (unpaired) electrons. The average molecular weight is 322 g/mol. The quantitative estimate of drug-likeness (QED) is 0.741. The molecule has 1 atom stereocenters. The van der Waals surface area contributed by atoms with Crippen LogP contribution in [-0.4, -0.2) is 57.2 Å². The average Bonchev–Trinajstić information content (AvgIpc) is 3.10. The molecular weight excluding hydrogens is 300 g/mol. The van der Waals surface area contributed by atoms with Crippen molar-refractivity contribution in [1.82, 2.24) is 24.5 Å². The topological polar surface area (TPSA) is 49.6 Å². The normalized spacial score (nSPS) is 19.1. The van der Waals surface area contributed by atoms with E-state index in [-0.39, 0.29) is 0 Å². The van der Waals surface area contributed by atoms with Crippen LogP contribution in [0.15, 0.2) is 42.7 Å². The summed E-state index contributed by atoms with van der Waals surface area (Å²) in [5, 5.41) is 4.40. The molecule has 0 spiro atoms. The largest absolute Gasteiger partial charge is 0.351 e. The van der Waals surface area contributed by atoms with Crippen molar-refractivity contribution in [2.24, 2.45) is 0 Å². The number of hydrogen-bond acceptors (Lipinski definition) is 5. The maximum atomic E-state index is 4.68. The number of fused-ring (bicyclic) bond motifs is 1. The van der Waals surface area contributed by atoms with Crippen molar-refractivity contribution < 1.29 is 0 Å². The molecule has 6 heteroatoms. The van der Waals surface area contributed by atoms with Crippen LogP contribution in [0, 0.1) is 0 Å². The van der Waals surface area contributed by atoms with Gasteiger partial charge in [0.15, 0.2) is 0 Å². The third-order valence-corrected chi connectivity index (χ3v) is 4.75. The highest BCUT2D eigenvalue weighted by molar-refractivity contribution is 5.66. The summed E-state index contributed by atoms with van der Waals surface area (Å²) >= 11 is 0. The summed E-state index contributed by atoms with van der Waals surface area (Å²) in [7, 11) is 2.19. The van der Waals surface area contributed by atoms with Gasteiger partial charge < -0.3 is 9.80 Å². The fourth-order valence-corrected chi connectivity index (χ4v) is 3.42. The van der Waals surface area contributed by atoms with Crippen LogP contribution in [0.1, 0.15) is 13.3 Å². The summed E-state index contributed by atoms with van der Waals surface area (Å²) in [6, 6.07) is 12.9. The Morgan fingerprint density at radius 2 is 2.00 bits per heavy atom. The van der Waals surface area contributed by atoms with Crippen molar-refractivity contribution in [1.29, 1.82) is 0 Å². The van der Waals surface area contributed by atoms with Gasteiger partial charge in [0, 0.05) is 37.3 Å². The van der Waals surface area contributed by atoms with Crippen LogP contribution in [0.25, 0.3) is 17.0 Å². The molecule has 124 valence electrons. The third-order valence-electron chi connectivity index (χ3n) is 4.75. The van der Waals surface area contributed by atoms with E-state index in [1.165, 1.54) is 0 Å². The highest BCUT2D eigenvalue weighted by atomic mass is 15.4.